The van der Waals surface area contributed by atoms with Gasteiger partial charge in [0.1, 0.15) is 28.7 Å². The molecule has 0 spiro atoms. The van der Waals surface area contributed by atoms with Crippen LogP contribution >= 0.6 is 0 Å². The number of rotatable bonds is 2. The molecule has 1 aliphatic rings. The zero-order chi connectivity index (χ0) is 18.3. The Morgan fingerprint density at radius 3 is 2.42 bits per heavy atom. The molecule has 4 rings (SSSR count). The largest absolute Gasteiger partial charge is 0.381 e. The minimum Gasteiger partial charge on any atom is -0.381 e. The average Bonchev–Trinajstić information content (AvgIpc) is 2.63. The quantitative estimate of drug-likeness (QED) is 0.697. The molecule has 1 aromatic carbocycles. The Bertz CT molecular complexity index is 987. The van der Waals surface area contributed by atoms with E-state index in [-0.39, 0.29) is 11.5 Å². The fourth-order valence-electron chi connectivity index (χ4n) is 3.14. The van der Waals surface area contributed by atoms with Crippen LogP contribution in [0.4, 0.5) is 8.78 Å². The summed E-state index contributed by atoms with van der Waals surface area (Å²) >= 11 is 0. The van der Waals surface area contributed by atoms with E-state index in [2.05, 4.69) is 19.9 Å². The van der Waals surface area contributed by atoms with E-state index in [1.807, 2.05) is 13.8 Å². The summed E-state index contributed by atoms with van der Waals surface area (Å²) < 4.78 is 33.2. The van der Waals surface area contributed by atoms with Gasteiger partial charge in [0, 0.05) is 30.8 Å². The summed E-state index contributed by atoms with van der Waals surface area (Å²) in [5.41, 5.74) is 2.90. The fourth-order valence-corrected chi connectivity index (χ4v) is 3.14. The van der Waals surface area contributed by atoms with Gasteiger partial charge >= 0.3 is 0 Å². The smallest absolute Gasteiger partial charge is 0.182 e. The van der Waals surface area contributed by atoms with E-state index in [9.17, 15) is 8.78 Å². The van der Waals surface area contributed by atoms with Gasteiger partial charge < -0.3 is 4.74 Å². The minimum atomic E-state index is -0.678. The first-order valence-electron chi connectivity index (χ1n) is 8.59. The zero-order valence-electron chi connectivity index (χ0n) is 14.6. The Balaban J connectivity index is 1.97. The summed E-state index contributed by atoms with van der Waals surface area (Å²) in [6, 6.07) is 3.46. The number of hydrogen-bond donors (Lipinski definition) is 0. The van der Waals surface area contributed by atoms with Gasteiger partial charge in [-0.25, -0.2) is 28.7 Å². The minimum absolute atomic E-state index is 0.124. The van der Waals surface area contributed by atoms with Crippen molar-refractivity contribution in [2.24, 2.45) is 0 Å². The summed E-state index contributed by atoms with van der Waals surface area (Å²) in [5, 5.41) is 0. The third-order valence-corrected chi connectivity index (χ3v) is 4.73. The third-order valence-electron chi connectivity index (χ3n) is 4.73. The van der Waals surface area contributed by atoms with Crippen LogP contribution in [0.5, 0.6) is 0 Å². The first kappa shape index (κ1) is 16.9. The first-order chi connectivity index (χ1) is 12.5. The van der Waals surface area contributed by atoms with Crippen LogP contribution < -0.4 is 0 Å². The highest BCUT2D eigenvalue weighted by Gasteiger charge is 2.23. The molecule has 134 valence electrons. The van der Waals surface area contributed by atoms with Crippen LogP contribution in [0.1, 0.15) is 36.0 Å². The van der Waals surface area contributed by atoms with Gasteiger partial charge in [0.25, 0.3) is 0 Å². The maximum absolute atomic E-state index is 14.4. The van der Waals surface area contributed by atoms with Crippen molar-refractivity contribution < 1.29 is 13.5 Å². The number of aryl methyl sites for hydroxylation is 2. The van der Waals surface area contributed by atoms with Crippen molar-refractivity contribution >= 4 is 11.2 Å². The van der Waals surface area contributed by atoms with E-state index in [4.69, 9.17) is 4.74 Å². The molecule has 0 radical (unpaired) electrons. The molecule has 1 fully saturated rings. The molecule has 1 aliphatic heterocycles. The molecule has 3 heterocycles. The molecular formula is C19H18F2N4O. The average molecular weight is 356 g/mol. The molecule has 3 aromatic rings. The first-order valence-corrected chi connectivity index (χ1v) is 8.59. The van der Waals surface area contributed by atoms with Crippen LogP contribution in [0.25, 0.3) is 22.4 Å². The molecular weight excluding hydrogens is 338 g/mol. The van der Waals surface area contributed by atoms with Crippen molar-refractivity contribution in [1.82, 2.24) is 19.9 Å². The second-order valence-electron chi connectivity index (χ2n) is 6.51. The Labute approximate surface area is 149 Å². The zero-order valence-corrected chi connectivity index (χ0v) is 14.6. The van der Waals surface area contributed by atoms with Crippen LogP contribution in [-0.2, 0) is 4.74 Å². The monoisotopic (exact) mass is 356 g/mol. The number of halogens is 2. The molecule has 0 N–H and O–H groups in total. The number of fused-ring (bicyclic) bond motifs is 1. The van der Waals surface area contributed by atoms with Gasteiger partial charge in [0.2, 0.25) is 0 Å². The maximum Gasteiger partial charge on any atom is 0.182 e. The SMILES string of the molecule is Cc1nc2nc(C3CCOCC3)nc(-c3ccc(F)cc3F)c2nc1C. The Hall–Kier alpha value is -2.54. The van der Waals surface area contributed by atoms with Gasteiger partial charge in [0.05, 0.1) is 11.4 Å². The van der Waals surface area contributed by atoms with Crippen LogP contribution in [0, 0.1) is 25.5 Å². The molecule has 2 aromatic heterocycles. The molecule has 0 aliphatic carbocycles. The fraction of sp³-hybridized carbons (Fsp3) is 0.368. The third kappa shape index (κ3) is 3.03. The van der Waals surface area contributed by atoms with Crippen molar-refractivity contribution in [3.63, 3.8) is 0 Å². The predicted octanol–water partition coefficient (Wildman–Crippen LogP) is 3.88. The molecule has 26 heavy (non-hydrogen) atoms. The lowest BCUT2D eigenvalue weighted by Crippen LogP contribution is -2.17. The van der Waals surface area contributed by atoms with Crippen LogP contribution in [0.2, 0.25) is 0 Å². The molecule has 0 amide bonds. The normalized spacial score (nSPS) is 15.5. The predicted molar refractivity (Wildman–Crippen MR) is 92.7 cm³/mol. The van der Waals surface area contributed by atoms with Crippen molar-refractivity contribution in [3.05, 3.63) is 47.0 Å². The summed E-state index contributed by atoms with van der Waals surface area (Å²) in [6.07, 6.45) is 1.60. The van der Waals surface area contributed by atoms with Gasteiger partial charge in [-0.1, -0.05) is 0 Å². The number of aromatic nitrogens is 4. The van der Waals surface area contributed by atoms with E-state index >= 15 is 0 Å². The van der Waals surface area contributed by atoms with Gasteiger partial charge in [-0.3, -0.25) is 0 Å². The van der Waals surface area contributed by atoms with Crippen molar-refractivity contribution in [1.29, 1.82) is 0 Å². The highest BCUT2D eigenvalue weighted by atomic mass is 19.1. The number of hydrogen-bond acceptors (Lipinski definition) is 5. The summed E-state index contributed by atoms with van der Waals surface area (Å²) in [4.78, 5) is 18.3. The lowest BCUT2D eigenvalue weighted by atomic mass is 9.99. The topological polar surface area (TPSA) is 60.8 Å². The molecule has 0 saturated carbocycles. The molecule has 0 bridgehead atoms. The second kappa shape index (κ2) is 6.64. The Morgan fingerprint density at radius 1 is 0.962 bits per heavy atom. The maximum atomic E-state index is 14.4. The van der Waals surface area contributed by atoms with E-state index in [0.29, 0.717) is 35.9 Å². The molecule has 0 atom stereocenters. The Kier molecular flexibility index (Phi) is 4.32. The van der Waals surface area contributed by atoms with Crippen LogP contribution in [0.3, 0.4) is 0 Å². The summed E-state index contributed by atoms with van der Waals surface area (Å²) in [6.45, 7) is 4.98. The number of ether oxygens (including phenoxy) is 1. The number of nitrogens with zero attached hydrogens (tertiary/aromatic N) is 4. The van der Waals surface area contributed by atoms with Gasteiger partial charge in [-0.05, 0) is 38.8 Å². The van der Waals surface area contributed by atoms with Crippen LogP contribution in [0.15, 0.2) is 18.2 Å². The lowest BCUT2D eigenvalue weighted by Gasteiger charge is -2.21. The van der Waals surface area contributed by atoms with Crippen molar-refractivity contribution in [2.45, 2.75) is 32.6 Å². The molecule has 7 heteroatoms. The summed E-state index contributed by atoms with van der Waals surface area (Å²) in [7, 11) is 0. The van der Waals surface area contributed by atoms with Gasteiger partial charge in [0.15, 0.2) is 5.65 Å². The molecule has 5 nitrogen and oxygen atoms in total. The van der Waals surface area contributed by atoms with Crippen molar-refractivity contribution in [2.75, 3.05) is 13.2 Å². The van der Waals surface area contributed by atoms with Gasteiger partial charge in [-0.15, -0.1) is 0 Å². The van der Waals surface area contributed by atoms with E-state index in [1.165, 1.54) is 12.1 Å². The van der Waals surface area contributed by atoms with E-state index in [1.54, 1.807) is 0 Å². The lowest BCUT2D eigenvalue weighted by molar-refractivity contribution is 0.0836. The number of benzene rings is 1. The van der Waals surface area contributed by atoms with Crippen LogP contribution in [-0.4, -0.2) is 33.1 Å². The van der Waals surface area contributed by atoms with Crippen molar-refractivity contribution in [3.8, 4) is 11.3 Å². The van der Waals surface area contributed by atoms with E-state index in [0.717, 1.165) is 30.3 Å². The summed E-state index contributed by atoms with van der Waals surface area (Å²) in [5.74, 6) is -0.578. The molecule has 0 unspecified atom stereocenters. The van der Waals surface area contributed by atoms with Gasteiger partial charge in [-0.2, -0.15) is 0 Å². The standard InChI is InChI=1S/C19H18F2N4O/c1-10-11(2)23-19-17(22-10)16(14-4-3-13(20)9-15(14)21)24-18(25-19)12-5-7-26-8-6-12/h3-4,9,12H,5-8H2,1-2H3. The van der Waals surface area contributed by atoms with E-state index < -0.39 is 11.6 Å². The highest BCUT2D eigenvalue weighted by molar-refractivity contribution is 5.87. The highest BCUT2D eigenvalue weighted by Crippen LogP contribution is 2.31. The molecule has 1 saturated heterocycles. The Morgan fingerprint density at radius 2 is 1.69 bits per heavy atom. The second-order valence-corrected chi connectivity index (χ2v) is 6.51.